The topological polar surface area (TPSA) is 35.5 Å². The van der Waals surface area contributed by atoms with Crippen LogP contribution in [-0.4, -0.2) is 36.2 Å². The predicted octanol–water partition coefficient (Wildman–Crippen LogP) is 4.28. The number of hydrogen-bond acceptors (Lipinski definition) is 3. The van der Waals surface area contributed by atoms with Gasteiger partial charge in [-0.3, -0.25) is 4.90 Å². The van der Waals surface area contributed by atoms with E-state index in [0.29, 0.717) is 5.75 Å². The second kappa shape index (κ2) is 10.1. The van der Waals surface area contributed by atoms with Crippen molar-refractivity contribution in [3.63, 3.8) is 0 Å². The highest BCUT2D eigenvalue weighted by atomic mass is 79.9. The minimum absolute atomic E-state index is 0. The Morgan fingerprint density at radius 1 is 1.24 bits per heavy atom. The van der Waals surface area contributed by atoms with Gasteiger partial charge in [-0.25, -0.2) is 0 Å². The predicted molar refractivity (Wildman–Crippen MR) is 100 cm³/mol. The fraction of sp³-hybridized carbons (Fsp3) is 0.429. The van der Waals surface area contributed by atoms with E-state index in [1.54, 1.807) is 0 Å². The number of piperazine rings is 1. The van der Waals surface area contributed by atoms with Crippen molar-refractivity contribution in [3.8, 4) is 5.75 Å². The Hall–Kier alpha value is 0.220. The summed E-state index contributed by atoms with van der Waals surface area (Å²) in [7, 11) is 0. The average molecular weight is 463 g/mol. The van der Waals surface area contributed by atoms with Gasteiger partial charge >= 0.3 is 0 Å². The van der Waals surface area contributed by atoms with Gasteiger partial charge in [0.25, 0.3) is 0 Å². The molecule has 21 heavy (non-hydrogen) atoms. The summed E-state index contributed by atoms with van der Waals surface area (Å²) in [5.41, 5.74) is 0.941. The molecule has 7 heteroatoms. The Kier molecular flexibility index (Phi) is 10.2. The third-order valence-electron chi connectivity index (χ3n) is 3.43. The Morgan fingerprint density at radius 3 is 2.38 bits per heavy atom. The lowest BCUT2D eigenvalue weighted by Crippen LogP contribution is -2.45. The minimum Gasteiger partial charge on any atom is -0.506 e. The summed E-state index contributed by atoms with van der Waals surface area (Å²) in [5.74, 6) is 0.319. The number of nitrogens with one attached hydrogen (secondary N) is 1. The van der Waals surface area contributed by atoms with Gasteiger partial charge in [0.05, 0.1) is 4.47 Å². The molecule has 2 N–H and O–H groups in total. The van der Waals surface area contributed by atoms with Crippen LogP contribution in [0.1, 0.15) is 18.0 Å². The minimum atomic E-state index is 0. The van der Waals surface area contributed by atoms with Crippen LogP contribution in [0.3, 0.4) is 0 Å². The van der Waals surface area contributed by atoms with Gasteiger partial charge < -0.3 is 10.4 Å². The van der Waals surface area contributed by atoms with Crippen molar-refractivity contribution in [1.29, 1.82) is 0 Å². The molecule has 1 fully saturated rings. The van der Waals surface area contributed by atoms with Gasteiger partial charge in [-0.15, -0.1) is 31.4 Å². The highest BCUT2D eigenvalue weighted by Gasteiger charge is 2.26. The van der Waals surface area contributed by atoms with Crippen LogP contribution < -0.4 is 5.32 Å². The zero-order valence-corrected chi connectivity index (χ0v) is 16.3. The van der Waals surface area contributed by atoms with Crippen molar-refractivity contribution in [2.45, 2.75) is 12.5 Å². The maximum Gasteiger partial charge on any atom is 0.135 e. The molecule has 1 aliphatic heterocycles. The number of benzene rings is 1. The van der Waals surface area contributed by atoms with Crippen molar-refractivity contribution in [3.05, 3.63) is 39.3 Å². The number of phenols is 1. The van der Waals surface area contributed by atoms with Crippen LogP contribution in [0.4, 0.5) is 0 Å². The molecular formula is C14H20Br2Cl2N2O. The molecule has 3 nitrogen and oxygen atoms in total. The maximum atomic E-state index is 10.4. The summed E-state index contributed by atoms with van der Waals surface area (Å²) in [6.07, 6.45) is 2.74. The summed E-state index contributed by atoms with van der Waals surface area (Å²) >= 11 is 6.96. The molecule has 0 saturated carbocycles. The lowest BCUT2D eigenvalue weighted by atomic mass is 10.00. The average Bonchev–Trinajstić information content (AvgIpc) is 2.43. The molecule has 0 spiro atoms. The van der Waals surface area contributed by atoms with Crippen LogP contribution in [-0.2, 0) is 0 Å². The fourth-order valence-electron chi connectivity index (χ4n) is 2.47. The molecule has 1 atom stereocenters. The second-order valence-electron chi connectivity index (χ2n) is 4.62. The molecule has 0 unspecified atom stereocenters. The molecule has 2 rings (SSSR count). The van der Waals surface area contributed by atoms with Crippen molar-refractivity contribution in [2.24, 2.45) is 0 Å². The van der Waals surface area contributed by atoms with Gasteiger partial charge in [-0.1, -0.05) is 22.0 Å². The van der Waals surface area contributed by atoms with Crippen molar-refractivity contribution in [1.82, 2.24) is 10.2 Å². The zero-order valence-electron chi connectivity index (χ0n) is 11.5. The summed E-state index contributed by atoms with van der Waals surface area (Å²) in [6.45, 7) is 7.79. The van der Waals surface area contributed by atoms with Gasteiger partial charge in [-0.2, -0.15) is 0 Å². The van der Waals surface area contributed by atoms with Gasteiger partial charge in [0.1, 0.15) is 5.75 Å². The van der Waals surface area contributed by atoms with Crippen molar-refractivity contribution in [2.75, 3.05) is 26.2 Å². The highest BCUT2D eigenvalue weighted by Crippen LogP contribution is 2.41. The third kappa shape index (κ3) is 5.12. The summed E-state index contributed by atoms with van der Waals surface area (Å²) in [4.78, 5) is 2.39. The van der Waals surface area contributed by atoms with E-state index in [4.69, 9.17) is 0 Å². The SMILES string of the molecule is C=CC[C@H](c1c(Br)ccc(Br)c1O)N1CCNCC1.Cl.Cl. The Balaban J connectivity index is 0.00000200. The maximum absolute atomic E-state index is 10.4. The molecule has 1 saturated heterocycles. The quantitative estimate of drug-likeness (QED) is 0.655. The van der Waals surface area contributed by atoms with E-state index < -0.39 is 0 Å². The van der Waals surface area contributed by atoms with Gasteiger partial charge in [0, 0.05) is 42.3 Å². The zero-order chi connectivity index (χ0) is 13.8. The molecule has 1 aromatic carbocycles. The second-order valence-corrected chi connectivity index (χ2v) is 6.33. The normalized spacial score (nSPS) is 16.5. The van der Waals surface area contributed by atoms with E-state index in [1.807, 2.05) is 18.2 Å². The molecule has 0 bridgehead atoms. The summed E-state index contributed by atoms with van der Waals surface area (Å²) < 4.78 is 1.67. The van der Waals surface area contributed by atoms with Crippen LogP contribution in [0.25, 0.3) is 0 Å². The Labute approximate surface area is 155 Å². The van der Waals surface area contributed by atoms with Gasteiger partial charge in [0.2, 0.25) is 0 Å². The van der Waals surface area contributed by atoms with Crippen LogP contribution in [0, 0.1) is 0 Å². The fourth-order valence-corrected chi connectivity index (χ4v) is 3.40. The number of nitrogens with zero attached hydrogens (tertiary/aromatic N) is 1. The molecule has 0 radical (unpaired) electrons. The number of aromatic hydroxyl groups is 1. The lowest BCUT2D eigenvalue weighted by Gasteiger charge is -2.35. The van der Waals surface area contributed by atoms with E-state index in [2.05, 4.69) is 48.7 Å². The molecule has 0 amide bonds. The van der Waals surface area contributed by atoms with E-state index in [1.165, 1.54) is 0 Å². The number of hydrogen-bond donors (Lipinski definition) is 2. The first kappa shape index (κ1) is 21.2. The highest BCUT2D eigenvalue weighted by molar-refractivity contribution is 9.11. The van der Waals surface area contributed by atoms with E-state index in [9.17, 15) is 5.11 Å². The van der Waals surface area contributed by atoms with Crippen molar-refractivity contribution >= 4 is 56.7 Å². The van der Waals surface area contributed by atoms with Crippen molar-refractivity contribution < 1.29 is 5.11 Å². The van der Waals surface area contributed by atoms with E-state index >= 15 is 0 Å². The van der Waals surface area contributed by atoms with Crippen LogP contribution in [0.5, 0.6) is 5.75 Å². The van der Waals surface area contributed by atoms with Crippen LogP contribution >= 0.6 is 56.7 Å². The summed E-state index contributed by atoms with van der Waals surface area (Å²) in [5, 5.41) is 13.7. The lowest BCUT2D eigenvalue weighted by molar-refractivity contribution is 0.171. The first-order valence-electron chi connectivity index (χ1n) is 6.37. The number of rotatable bonds is 4. The largest absolute Gasteiger partial charge is 0.506 e. The first-order valence-corrected chi connectivity index (χ1v) is 7.96. The molecule has 1 aliphatic rings. The first-order chi connectivity index (χ1) is 9.15. The Morgan fingerprint density at radius 2 is 1.81 bits per heavy atom. The molecule has 1 aromatic rings. The Bertz CT molecular complexity index is 469. The third-order valence-corrected chi connectivity index (χ3v) is 4.76. The smallest absolute Gasteiger partial charge is 0.135 e. The number of halogens is 4. The van der Waals surface area contributed by atoms with Crippen LogP contribution in [0.2, 0.25) is 0 Å². The van der Waals surface area contributed by atoms with Gasteiger partial charge in [0.15, 0.2) is 0 Å². The molecule has 0 aliphatic carbocycles. The van der Waals surface area contributed by atoms with Crippen LogP contribution in [0.15, 0.2) is 33.7 Å². The molecular weight excluding hydrogens is 443 g/mol. The summed E-state index contributed by atoms with van der Waals surface area (Å²) in [6, 6.07) is 3.98. The van der Waals surface area contributed by atoms with Gasteiger partial charge in [-0.05, 0) is 34.5 Å². The molecule has 0 aromatic heterocycles. The molecule has 120 valence electrons. The van der Waals surface area contributed by atoms with E-state index in [-0.39, 0.29) is 30.9 Å². The standard InChI is InChI=1S/C14H18Br2N2O.2ClH/c1-2-3-12(18-8-6-17-7-9-18)13-10(15)4-5-11(16)14(13)19;;/h2,4-5,12,17,19H,1,3,6-9H2;2*1H/t12-;;/m1../s1. The number of phenolic OH excluding ortho intramolecular Hbond substituents is 1. The molecule has 1 heterocycles. The van der Waals surface area contributed by atoms with E-state index in [0.717, 1.165) is 47.1 Å². The monoisotopic (exact) mass is 460 g/mol.